The summed E-state index contributed by atoms with van der Waals surface area (Å²) >= 11 is 0. The van der Waals surface area contributed by atoms with Crippen LogP contribution in [0.15, 0.2) is 4.99 Å². The third-order valence-corrected chi connectivity index (χ3v) is 4.82. The zero-order chi connectivity index (χ0) is 14.4. The molecule has 0 atom stereocenters. The van der Waals surface area contributed by atoms with Gasteiger partial charge in [0.15, 0.2) is 5.96 Å². The molecule has 0 amide bonds. The van der Waals surface area contributed by atoms with E-state index in [1.165, 1.54) is 25.9 Å². The van der Waals surface area contributed by atoms with E-state index in [4.69, 9.17) is 15.5 Å². The molecule has 0 bridgehead atoms. The van der Waals surface area contributed by atoms with Gasteiger partial charge in [0.1, 0.15) is 0 Å². The fourth-order valence-corrected chi connectivity index (χ4v) is 3.39. The number of guanidine groups is 1. The molecule has 2 heterocycles. The summed E-state index contributed by atoms with van der Waals surface area (Å²) in [6, 6.07) is 0. The summed E-state index contributed by atoms with van der Waals surface area (Å²) in [5.74, 6) is 0.695. The van der Waals surface area contributed by atoms with Gasteiger partial charge in [-0.05, 0) is 52.6 Å². The maximum Gasteiger partial charge on any atom is 0.191 e. The van der Waals surface area contributed by atoms with Gasteiger partial charge in [-0.1, -0.05) is 0 Å². The first-order valence-electron chi connectivity index (χ1n) is 8.09. The molecule has 2 aliphatic heterocycles. The lowest BCUT2D eigenvalue weighted by molar-refractivity contribution is -0.0139. The van der Waals surface area contributed by atoms with Crippen molar-refractivity contribution in [2.75, 3.05) is 45.9 Å². The molecule has 0 saturated carbocycles. The van der Waals surface area contributed by atoms with Crippen LogP contribution in [0, 0.1) is 0 Å². The van der Waals surface area contributed by atoms with Gasteiger partial charge in [0.05, 0.1) is 6.54 Å². The van der Waals surface area contributed by atoms with Crippen molar-refractivity contribution in [2.45, 2.75) is 45.1 Å². The second-order valence-corrected chi connectivity index (χ2v) is 5.88. The molecule has 20 heavy (non-hydrogen) atoms. The summed E-state index contributed by atoms with van der Waals surface area (Å²) in [5.41, 5.74) is 6.33. The van der Waals surface area contributed by atoms with Crippen LogP contribution < -0.4 is 5.73 Å². The molecule has 5 heteroatoms. The Morgan fingerprint density at radius 2 is 1.80 bits per heavy atom. The van der Waals surface area contributed by atoms with Crippen molar-refractivity contribution in [2.24, 2.45) is 10.7 Å². The van der Waals surface area contributed by atoms with E-state index in [0.29, 0.717) is 5.96 Å². The maximum absolute atomic E-state index is 6.14. The molecule has 2 fully saturated rings. The highest BCUT2D eigenvalue weighted by molar-refractivity contribution is 5.78. The van der Waals surface area contributed by atoms with Crippen LogP contribution in [0.5, 0.6) is 0 Å². The number of nitrogens with two attached hydrogens (primary N) is 1. The summed E-state index contributed by atoms with van der Waals surface area (Å²) in [7, 11) is 0. The van der Waals surface area contributed by atoms with E-state index in [9.17, 15) is 0 Å². The smallest absolute Gasteiger partial charge is 0.191 e. The van der Waals surface area contributed by atoms with E-state index in [1.807, 2.05) is 0 Å². The third kappa shape index (κ3) is 3.44. The minimum Gasteiger partial charge on any atom is -0.381 e. The Hall–Kier alpha value is -0.810. The molecule has 2 aliphatic rings. The lowest BCUT2D eigenvalue weighted by atomic mass is 9.88. The Bertz CT molecular complexity index is 316. The SMILES string of the molecule is CCN(CC)C(N)=NCC1(N2CCCC2)CCOCC1. The zero-order valence-corrected chi connectivity index (χ0v) is 13.1. The lowest BCUT2D eigenvalue weighted by Gasteiger charge is -2.43. The average Bonchev–Trinajstić information content (AvgIpc) is 3.02. The molecule has 116 valence electrons. The van der Waals surface area contributed by atoms with Crippen molar-refractivity contribution in [1.29, 1.82) is 0 Å². The predicted molar refractivity (Wildman–Crippen MR) is 83.0 cm³/mol. The Balaban J connectivity index is 2.05. The third-order valence-electron chi connectivity index (χ3n) is 4.82. The van der Waals surface area contributed by atoms with Crippen molar-refractivity contribution in [1.82, 2.24) is 9.80 Å². The molecule has 0 aromatic carbocycles. The molecule has 0 aliphatic carbocycles. The molecule has 2 N–H and O–H groups in total. The standard InChI is InChI=1S/C15H30N4O/c1-3-18(4-2)14(16)17-13-15(7-11-20-12-8-15)19-9-5-6-10-19/h3-13H2,1-2H3,(H2,16,17). The Labute approximate surface area is 123 Å². The van der Waals surface area contributed by atoms with Crippen LogP contribution in [0.25, 0.3) is 0 Å². The molecule has 0 unspecified atom stereocenters. The van der Waals surface area contributed by atoms with Gasteiger partial charge in [0.2, 0.25) is 0 Å². The van der Waals surface area contributed by atoms with Crippen LogP contribution in [-0.4, -0.2) is 67.2 Å². The van der Waals surface area contributed by atoms with Gasteiger partial charge < -0.3 is 15.4 Å². The van der Waals surface area contributed by atoms with E-state index in [-0.39, 0.29) is 5.54 Å². The van der Waals surface area contributed by atoms with E-state index in [2.05, 4.69) is 23.6 Å². The second kappa shape index (κ2) is 7.27. The average molecular weight is 282 g/mol. The van der Waals surface area contributed by atoms with Gasteiger partial charge in [-0.15, -0.1) is 0 Å². The predicted octanol–water partition coefficient (Wildman–Crippen LogP) is 1.29. The van der Waals surface area contributed by atoms with Crippen molar-refractivity contribution in [3.8, 4) is 0 Å². The van der Waals surface area contributed by atoms with E-state index in [0.717, 1.165) is 45.7 Å². The molecule has 0 radical (unpaired) electrons. The van der Waals surface area contributed by atoms with Crippen LogP contribution >= 0.6 is 0 Å². The quantitative estimate of drug-likeness (QED) is 0.610. The number of rotatable bonds is 5. The molecule has 0 spiro atoms. The number of ether oxygens (including phenoxy) is 1. The molecular weight excluding hydrogens is 252 g/mol. The number of hydrogen-bond acceptors (Lipinski definition) is 3. The highest BCUT2D eigenvalue weighted by Crippen LogP contribution is 2.31. The molecule has 0 aromatic heterocycles. The highest BCUT2D eigenvalue weighted by atomic mass is 16.5. The van der Waals surface area contributed by atoms with E-state index in [1.54, 1.807) is 0 Å². The first-order chi connectivity index (χ1) is 9.72. The molecule has 0 aromatic rings. The largest absolute Gasteiger partial charge is 0.381 e. The van der Waals surface area contributed by atoms with Crippen LogP contribution in [-0.2, 0) is 4.74 Å². The van der Waals surface area contributed by atoms with Crippen molar-refractivity contribution < 1.29 is 4.74 Å². The number of likely N-dealkylation sites (tertiary alicyclic amines) is 1. The van der Waals surface area contributed by atoms with E-state index >= 15 is 0 Å². The van der Waals surface area contributed by atoms with Crippen LogP contribution in [0.2, 0.25) is 0 Å². The summed E-state index contributed by atoms with van der Waals surface area (Å²) in [6.45, 7) is 11.0. The Morgan fingerprint density at radius 1 is 1.20 bits per heavy atom. The first-order valence-corrected chi connectivity index (χ1v) is 8.09. The molecular formula is C15H30N4O. The normalized spacial score (nSPS) is 24.0. The van der Waals surface area contributed by atoms with E-state index < -0.39 is 0 Å². The van der Waals surface area contributed by atoms with Gasteiger partial charge >= 0.3 is 0 Å². The Kier molecular flexibility index (Phi) is 5.66. The Morgan fingerprint density at radius 3 is 2.35 bits per heavy atom. The van der Waals surface area contributed by atoms with Crippen molar-refractivity contribution in [3.63, 3.8) is 0 Å². The van der Waals surface area contributed by atoms with Crippen molar-refractivity contribution >= 4 is 5.96 Å². The lowest BCUT2D eigenvalue weighted by Crippen LogP contribution is -2.53. The van der Waals surface area contributed by atoms with Crippen molar-refractivity contribution in [3.05, 3.63) is 0 Å². The minimum absolute atomic E-state index is 0.187. The van der Waals surface area contributed by atoms with Crippen LogP contribution in [0.1, 0.15) is 39.5 Å². The van der Waals surface area contributed by atoms with Gasteiger partial charge in [-0.25, -0.2) is 0 Å². The van der Waals surface area contributed by atoms with Gasteiger partial charge in [-0.2, -0.15) is 0 Å². The van der Waals surface area contributed by atoms with Crippen LogP contribution in [0.3, 0.4) is 0 Å². The highest BCUT2D eigenvalue weighted by Gasteiger charge is 2.39. The summed E-state index contributed by atoms with van der Waals surface area (Å²) in [6.07, 6.45) is 4.81. The summed E-state index contributed by atoms with van der Waals surface area (Å²) in [4.78, 5) is 9.49. The van der Waals surface area contributed by atoms with Crippen LogP contribution in [0.4, 0.5) is 0 Å². The summed E-state index contributed by atoms with van der Waals surface area (Å²) < 4.78 is 5.56. The molecule has 2 rings (SSSR count). The van der Waals surface area contributed by atoms with Gasteiger partial charge in [-0.3, -0.25) is 9.89 Å². The zero-order valence-electron chi connectivity index (χ0n) is 13.1. The number of hydrogen-bond donors (Lipinski definition) is 1. The minimum atomic E-state index is 0.187. The van der Waals surface area contributed by atoms with Gasteiger partial charge in [0.25, 0.3) is 0 Å². The molecule has 5 nitrogen and oxygen atoms in total. The van der Waals surface area contributed by atoms with Gasteiger partial charge in [0, 0.05) is 31.8 Å². The monoisotopic (exact) mass is 282 g/mol. The number of aliphatic imine (C=N–C) groups is 1. The number of nitrogens with zero attached hydrogens (tertiary/aromatic N) is 3. The maximum atomic E-state index is 6.14. The molecule has 2 saturated heterocycles. The topological polar surface area (TPSA) is 54.1 Å². The second-order valence-electron chi connectivity index (χ2n) is 5.88. The summed E-state index contributed by atoms with van der Waals surface area (Å²) in [5, 5.41) is 0. The first kappa shape index (κ1) is 15.6. The fourth-order valence-electron chi connectivity index (χ4n) is 3.39. The fraction of sp³-hybridized carbons (Fsp3) is 0.933.